The summed E-state index contributed by atoms with van der Waals surface area (Å²) in [5, 5.41) is 8.16. The van der Waals surface area contributed by atoms with Gasteiger partial charge in [0.05, 0.1) is 0 Å². The molecule has 4 nitrogen and oxygen atoms in total. The van der Waals surface area contributed by atoms with Gasteiger partial charge >= 0.3 is 0 Å². The summed E-state index contributed by atoms with van der Waals surface area (Å²) in [5.74, 6) is -0.208. The van der Waals surface area contributed by atoms with Crippen molar-refractivity contribution in [2.45, 2.75) is 12.8 Å². The number of thiocarbonyl (C=S) groups is 1. The third-order valence-electron chi connectivity index (χ3n) is 4.84. The molecule has 0 aromatic heterocycles. The molecule has 1 heterocycles. The minimum absolute atomic E-state index is 0.208. The predicted molar refractivity (Wildman–Crippen MR) is 116 cm³/mol. The van der Waals surface area contributed by atoms with Gasteiger partial charge in [0.1, 0.15) is 0 Å². The van der Waals surface area contributed by atoms with Crippen LogP contribution in [0, 0.1) is 0 Å². The molecular formula is C22H21N3OS. The monoisotopic (exact) mass is 375 g/mol. The van der Waals surface area contributed by atoms with Gasteiger partial charge < -0.3 is 10.2 Å². The Morgan fingerprint density at radius 3 is 2.52 bits per heavy atom. The summed E-state index contributed by atoms with van der Waals surface area (Å²) in [6.45, 7) is 2.18. The van der Waals surface area contributed by atoms with Crippen molar-refractivity contribution in [3.8, 4) is 0 Å². The smallest absolute Gasteiger partial charge is 0.258 e. The maximum Gasteiger partial charge on any atom is 0.258 e. The van der Waals surface area contributed by atoms with E-state index in [1.807, 2.05) is 54.6 Å². The van der Waals surface area contributed by atoms with Gasteiger partial charge in [-0.1, -0.05) is 42.5 Å². The zero-order chi connectivity index (χ0) is 18.6. The lowest BCUT2D eigenvalue weighted by Gasteiger charge is -2.19. The third kappa shape index (κ3) is 3.93. The lowest BCUT2D eigenvalue weighted by Crippen LogP contribution is -2.34. The molecule has 0 atom stereocenters. The van der Waals surface area contributed by atoms with E-state index >= 15 is 0 Å². The van der Waals surface area contributed by atoms with Crippen LogP contribution in [0.15, 0.2) is 66.7 Å². The Bertz CT molecular complexity index is 990. The van der Waals surface area contributed by atoms with Crippen LogP contribution < -0.4 is 15.5 Å². The van der Waals surface area contributed by atoms with Crippen molar-refractivity contribution in [1.82, 2.24) is 5.32 Å². The zero-order valence-corrected chi connectivity index (χ0v) is 15.8. The molecule has 0 spiro atoms. The predicted octanol–water partition coefficient (Wildman–Crippen LogP) is 4.57. The number of rotatable bonds is 3. The molecule has 1 saturated heterocycles. The Balaban J connectivity index is 1.46. The Morgan fingerprint density at radius 2 is 1.67 bits per heavy atom. The Morgan fingerprint density at radius 1 is 0.926 bits per heavy atom. The summed E-state index contributed by atoms with van der Waals surface area (Å²) in [6, 6.07) is 21.7. The van der Waals surface area contributed by atoms with Crippen LogP contribution in [0.4, 0.5) is 11.4 Å². The van der Waals surface area contributed by atoms with Gasteiger partial charge in [0, 0.05) is 30.0 Å². The van der Waals surface area contributed by atoms with Crippen molar-refractivity contribution in [3.05, 3.63) is 72.3 Å². The number of nitrogens with one attached hydrogen (secondary N) is 2. The molecule has 0 bridgehead atoms. The Kier molecular flexibility index (Phi) is 5.03. The molecule has 3 aromatic rings. The van der Waals surface area contributed by atoms with Gasteiger partial charge in [0.2, 0.25) is 0 Å². The molecule has 0 saturated carbocycles. The molecule has 0 aliphatic carbocycles. The highest BCUT2D eigenvalue weighted by atomic mass is 32.1. The maximum atomic E-state index is 12.7. The van der Waals surface area contributed by atoms with E-state index in [1.165, 1.54) is 18.5 Å². The summed E-state index contributed by atoms with van der Waals surface area (Å²) in [4.78, 5) is 15.1. The fourth-order valence-corrected chi connectivity index (χ4v) is 3.72. The van der Waals surface area contributed by atoms with Crippen LogP contribution in [0.3, 0.4) is 0 Å². The molecular weight excluding hydrogens is 354 g/mol. The van der Waals surface area contributed by atoms with Gasteiger partial charge in [-0.3, -0.25) is 10.1 Å². The van der Waals surface area contributed by atoms with Crippen LogP contribution in [-0.2, 0) is 0 Å². The molecule has 0 radical (unpaired) electrons. The van der Waals surface area contributed by atoms with Crippen molar-refractivity contribution < 1.29 is 4.79 Å². The van der Waals surface area contributed by atoms with Gasteiger partial charge in [-0.25, -0.2) is 0 Å². The number of anilines is 2. The molecule has 136 valence electrons. The van der Waals surface area contributed by atoms with Crippen LogP contribution in [-0.4, -0.2) is 24.1 Å². The number of hydrogen-bond donors (Lipinski definition) is 2. The number of hydrogen-bond acceptors (Lipinski definition) is 3. The topological polar surface area (TPSA) is 44.4 Å². The highest BCUT2D eigenvalue weighted by Gasteiger charge is 2.14. The number of benzene rings is 3. The summed E-state index contributed by atoms with van der Waals surface area (Å²) >= 11 is 5.36. The normalized spacial score (nSPS) is 13.6. The summed E-state index contributed by atoms with van der Waals surface area (Å²) in [7, 11) is 0. The average Bonchev–Trinajstić information content (AvgIpc) is 3.22. The third-order valence-corrected chi connectivity index (χ3v) is 5.04. The van der Waals surface area contributed by atoms with Gasteiger partial charge in [0.25, 0.3) is 5.91 Å². The van der Waals surface area contributed by atoms with Crippen molar-refractivity contribution >= 4 is 45.4 Å². The molecule has 1 aliphatic heterocycles. The highest BCUT2D eigenvalue weighted by Crippen LogP contribution is 2.23. The Labute approximate surface area is 164 Å². The minimum atomic E-state index is -0.208. The molecule has 5 heteroatoms. The van der Waals surface area contributed by atoms with E-state index in [4.69, 9.17) is 12.2 Å². The number of amides is 1. The van der Waals surface area contributed by atoms with E-state index in [9.17, 15) is 4.79 Å². The molecule has 4 rings (SSSR count). The van der Waals surface area contributed by atoms with E-state index in [1.54, 1.807) is 0 Å². The quantitative estimate of drug-likeness (QED) is 0.659. The van der Waals surface area contributed by atoms with E-state index in [2.05, 4.69) is 27.7 Å². The standard InChI is InChI=1S/C22H21N3OS/c26-21(20-12-5-8-16-7-1-2-11-19(16)20)24-22(27)23-17-9-6-10-18(15-17)25-13-3-4-14-25/h1-2,5-12,15H,3-4,13-14H2,(H2,23,24,26,27). The fraction of sp³-hybridized carbons (Fsp3) is 0.182. The first kappa shape index (κ1) is 17.5. The van der Waals surface area contributed by atoms with Crippen molar-refractivity contribution in [2.24, 2.45) is 0 Å². The molecule has 1 amide bonds. The first-order valence-corrected chi connectivity index (χ1v) is 9.57. The number of fused-ring (bicyclic) bond motifs is 1. The van der Waals surface area contributed by atoms with Gasteiger partial charge in [-0.2, -0.15) is 0 Å². The Hall–Kier alpha value is -2.92. The van der Waals surface area contributed by atoms with Crippen LogP contribution in [0.25, 0.3) is 10.8 Å². The second-order valence-corrected chi connectivity index (χ2v) is 7.09. The second-order valence-electron chi connectivity index (χ2n) is 6.68. The SMILES string of the molecule is O=C(NC(=S)Nc1cccc(N2CCCC2)c1)c1cccc2ccccc12. The fourth-order valence-electron chi connectivity index (χ4n) is 3.51. The van der Waals surface area contributed by atoms with Crippen LogP contribution >= 0.6 is 12.2 Å². The summed E-state index contributed by atoms with van der Waals surface area (Å²) < 4.78 is 0. The maximum absolute atomic E-state index is 12.7. The van der Waals surface area contributed by atoms with Crippen LogP contribution in [0.2, 0.25) is 0 Å². The number of nitrogens with zero attached hydrogens (tertiary/aromatic N) is 1. The van der Waals surface area contributed by atoms with Gasteiger partial charge in [-0.05, 0) is 60.1 Å². The van der Waals surface area contributed by atoms with Crippen molar-refractivity contribution in [2.75, 3.05) is 23.3 Å². The molecule has 3 aromatic carbocycles. The largest absolute Gasteiger partial charge is 0.371 e. The van der Waals surface area contributed by atoms with Crippen molar-refractivity contribution in [3.63, 3.8) is 0 Å². The van der Waals surface area contributed by atoms with E-state index < -0.39 is 0 Å². The first-order chi connectivity index (χ1) is 13.2. The van der Waals surface area contributed by atoms with E-state index in [0.717, 1.165) is 29.5 Å². The molecule has 2 N–H and O–H groups in total. The molecule has 1 fully saturated rings. The number of carbonyl (C=O) groups excluding carboxylic acids is 1. The summed E-state index contributed by atoms with van der Waals surface area (Å²) in [5.41, 5.74) is 2.67. The highest BCUT2D eigenvalue weighted by molar-refractivity contribution is 7.80. The minimum Gasteiger partial charge on any atom is -0.371 e. The van der Waals surface area contributed by atoms with E-state index in [0.29, 0.717) is 10.7 Å². The molecule has 1 aliphatic rings. The first-order valence-electron chi connectivity index (χ1n) is 9.16. The van der Waals surface area contributed by atoms with Gasteiger partial charge in [0.15, 0.2) is 5.11 Å². The van der Waals surface area contributed by atoms with Crippen molar-refractivity contribution in [1.29, 1.82) is 0 Å². The lowest BCUT2D eigenvalue weighted by atomic mass is 10.0. The molecule has 27 heavy (non-hydrogen) atoms. The average molecular weight is 375 g/mol. The lowest BCUT2D eigenvalue weighted by molar-refractivity contribution is 0.0979. The molecule has 0 unspecified atom stereocenters. The van der Waals surface area contributed by atoms with Gasteiger partial charge in [-0.15, -0.1) is 0 Å². The van der Waals surface area contributed by atoms with Crippen LogP contribution in [0.5, 0.6) is 0 Å². The number of carbonyl (C=O) groups is 1. The summed E-state index contributed by atoms with van der Waals surface area (Å²) in [6.07, 6.45) is 2.47. The second kappa shape index (κ2) is 7.76. The van der Waals surface area contributed by atoms with Crippen LogP contribution in [0.1, 0.15) is 23.2 Å². The zero-order valence-electron chi connectivity index (χ0n) is 14.9. The van der Waals surface area contributed by atoms with E-state index in [-0.39, 0.29) is 5.91 Å².